The number of rotatable bonds is 5. The van der Waals surface area contributed by atoms with Crippen LogP contribution < -0.4 is 5.32 Å². The first kappa shape index (κ1) is 18.5. The second-order valence-corrected chi connectivity index (χ2v) is 6.39. The lowest BCUT2D eigenvalue weighted by molar-refractivity contribution is -0.117. The average Bonchev–Trinajstić information content (AvgIpc) is 2.96. The van der Waals surface area contributed by atoms with E-state index in [9.17, 15) is 14.0 Å². The lowest BCUT2D eigenvalue weighted by Crippen LogP contribution is -2.31. The van der Waals surface area contributed by atoms with E-state index in [2.05, 4.69) is 10.4 Å². The summed E-state index contributed by atoms with van der Waals surface area (Å²) in [6, 6.07) is 14.1. The van der Waals surface area contributed by atoms with Crippen LogP contribution in [0.1, 0.15) is 32.9 Å². The third-order valence-electron chi connectivity index (χ3n) is 4.41. The van der Waals surface area contributed by atoms with Crippen molar-refractivity contribution in [3.05, 3.63) is 82.4 Å². The smallest absolute Gasteiger partial charge is 0.292 e. The van der Waals surface area contributed by atoms with E-state index >= 15 is 0 Å². The van der Waals surface area contributed by atoms with Gasteiger partial charge in [-0.25, -0.2) is 9.07 Å². The predicted octanol–water partition coefficient (Wildman–Crippen LogP) is 3.44. The Balaban J connectivity index is 1.78. The summed E-state index contributed by atoms with van der Waals surface area (Å²) in [5, 5.41) is 6.94. The molecule has 0 aliphatic heterocycles. The average molecular weight is 365 g/mol. The molecule has 0 fully saturated rings. The van der Waals surface area contributed by atoms with Crippen molar-refractivity contribution >= 4 is 11.7 Å². The molecule has 1 heterocycles. The van der Waals surface area contributed by atoms with E-state index in [1.165, 1.54) is 6.07 Å². The quantitative estimate of drug-likeness (QED) is 0.556. The molecule has 0 bridgehead atoms. The maximum absolute atomic E-state index is 13.6. The van der Waals surface area contributed by atoms with Crippen molar-refractivity contribution in [3.8, 4) is 5.69 Å². The Morgan fingerprint density at radius 3 is 2.44 bits per heavy atom. The number of nitrogens with one attached hydrogen (secondary N) is 1. The van der Waals surface area contributed by atoms with Gasteiger partial charge in [0.2, 0.25) is 0 Å². The summed E-state index contributed by atoms with van der Waals surface area (Å²) in [6.45, 7) is 5.19. The van der Waals surface area contributed by atoms with Gasteiger partial charge in [0.05, 0.1) is 22.6 Å². The number of amides is 1. The molecule has 138 valence electrons. The molecule has 0 spiro atoms. The molecule has 0 aliphatic carbocycles. The van der Waals surface area contributed by atoms with Gasteiger partial charge in [0.15, 0.2) is 0 Å². The van der Waals surface area contributed by atoms with Crippen molar-refractivity contribution in [3.63, 3.8) is 0 Å². The molecule has 0 unspecified atom stereocenters. The van der Waals surface area contributed by atoms with Gasteiger partial charge in [0, 0.05) is 6.54 Å². The number of Topliss-reactive ketones (excluding diaryl/α,β-unsaturated/α-hetero) is 1. The zero-order valence-electron chi connectivity index (χ0n) is 15.4. The van der Waals surface area contributed by atoms with Crippen molar-refractivity contribution in [1.82, 2.24) is 15.1 Å². The summed E-state index contributed by atoms with van der Waals surface area (Å²) in [5.74, 6) is -1.74. The van der Waals surface area contributed by atoms with Crippen LogP contribution in [0.15, 0.2) is 48.5 Å². The Labute approximate surface area is 156 Å². The molecule has 1 N–H and O–H groups in total. The van der Waals surface area contributed by atoms with E-state index in [0.29, 0.717) is 22.5 Å². The first-order chi connectivity index (χ1) is 12.9. The zero-order valence-corrected chi connectivity index (χ0v) is 15.4. The highest BCUT2D eigenvalue weighted by molar-refractivity contribution is 6.43. The number of halogens is 1. The molecular formula is C21H20FN3O2. The molecule has 0 aliphatic rings. The highest BCUT2D eigenvalue weighted by Gasteiger charge is 2.24. The van der Waals surface area contributed by atoms with E-state index < -0.39 is 11.7 Å². The summed E-state index contributed by atoms with van der Waals surface area (Å²) in [4.78, 5) is 25.0. The maximum Gasteiger partial charge on any atom is 0.292 e. The highest BCUT2D eigenvalue weighted by Crippen LogP contribution is 2.18. The summed E-state index contributed by atoms with van der Waals surface area (Å²) in [7, 11) is 0. The fourth-order valence-corrected chi connectivity index (χ4v) is 2.91. The Bertz CT molecular complexity index is 1010. The van der Waals surface area contributed by atoms with E-state index in [4.69, 9.17) is 0 Å². The summed E-state index contributed by atoms with van der Waals surface area (Å²) >= 11 is 0. The second-order valence-electron chi connectivity index (χ2n) is 6.39. The van der Waals surface area contributed by atoms with Crippen LogP contribution >= 0.6 is 0 Å². The van der Waals surface area contributed by atoms with E-state index in [-0.39, 0.29) is 17.9 Å². The van der Waals surface area contributed by atoms with Crippen LogP contribution in [0.2, 0.25) is 0 Å². The molecule has 1 amide bonds. The molecular weight excluding hydrogens is 345 g/mol. The van der Waals surface area contributed by atoms with Gasteiger partial charge in [-0.1, -0.05) is 30.3 Å². The van der Waals surface area contributed by atoms with Crippen molar-refractivity contribution < 1.29 is 14.0 Å². The van der Waals surface area contributed by atoms with Crippen molar-refractivity contribution in [2.24, 2.45) is 0 Å². The van der Waals surface area contributed by atoms with Gasteiger partial charge >= 0.3 is 0 Å². The highest BCUT2D eigenvalue weighted by atomic mass is 19.1. The Morgan fingerprint density at radius 1 is 1.07 bits per heavy atom. The number of hydrogen-bond donors (Lipinski definition) is 1. The first-order valence-corrected chi connectivity index (χ1v) is 8.57. The summed E-state index contributed by atoms with van der Waals surface area (Å²) in [6.07, 6.45) is 0. The molecule has 5 nitrogen and oxygen atoms in total. The van der Waals surface area contributed by atoms with Crippen molar-refractivity contribution in [2.45, 2.75) is 27.3 Å². The van der Waals surface area contributed by atoms with Crippen LogP contribution in [0.4, 0.5) is 4.39 Å². The van der Waals surface area contributed by atoms with Crippen LogP contribution in [0.5, 0.6) is 0 Å². The molecule has 0 saturated heterocycles. The van der Waals surface area contributed by atoms with Crippen LogP contribution in [-0.2, 0) is 11.3 Å². The first-order valence-electron chi connectivity index (χ1n) is 8.57. The second kappa shape index (κ2) is 7.53. The number of carbonyl (C=O) groups excluding carboxylic acids is 2. The summed E-state index contributed by atoms with van der Waals surface area (Å²) in [5.41, 5.74) is 3.30. The van der Waals surface area contributed by atoms with Crippen LogP contribution in [-0.4, -0.2) is 21.5 Å². The van der Waals surface area contributed by atoms with Gasteiger partial charge in [-0.05, 0) is 50.1 Å². The molecule has 0 atom stereocenters. The number of ketones is 1. The van der Waals surface area contributed by atoms with Gasteiger partial charge < -0.3 is 5.32 Å². The topological polar surface area (TPSA) is 64.0 Å². The van der Waals surface area contributed by atoms with Gasteiger partial charge in [-0.15, -0.1) is 0 Å². The third kappa shape index (κ3) is 3.79. The summed E-state index contributed by atoms with van der Waals surface area (Å²) < 4.78 is 15.3. The number of carbonyl (C=O) groups is 2. The SMILES string of the molecule is Cc1ccc(CNC(=O)C(=O)c2c(C)nn(-c3ccccc3)c2C)cc1F. The van der Waals surface area contributed by atoms with E-state index in [1.54, 1.807) is 37.6 Å². The molecule has 0 radical (unpaired) electrons. The zero-order chi connectivity index (χ0) is 19.6. The Hall–Kier alpha value is -3.28. The minimum absolute atomic E-state index is 0.0761. The number of nitrogens with zero attached hydrogens (tertiary/aromatic N) is 2. The van der Waals surface area contributed by atoms with Gasteiger partial charge in [-0.2, -0.15) is 5.10 Å². The van der Waals surface area contributed by atoms with Crippen molar-refractivity contribution in [2.75, 3.05) is 0 Å². The third-order valence-corrected chi connectivity index (χ3v) is 4.41. The van der Waals surface area contributed by atoms with Gasteiger partial charge in [0.25, 0.3) is 11.7 Å². The van der Waals surface area contributed by atoms with Crippen LogP contribution in [0.3, 0.4) is 0 Å². The molecule has 0 saturated carbocycles. The number of aryl methyl sites for hydroxylation is 2. The van der Waals surface area contributed by atoms with E-state index in [1.807, 2.05) is 30.3 Å². The largest absolute Gasteiger partial charge is 0.345 e. The standard InChI is InChI=1S/C21H20FN3O2/c1-13-9-10-16(11-18(13)22)12-23-21(27)20(26)19-14(2)24-25(15(19)3)17-7-5-4-6-8-17/h4-11H,12H2,1-3H3,(H,23,27). The fourth-order valence-electron chi connectivity index (χ4n) is 2.91. The number of aromatic nitrogens is 2. The van der Waals surface area contributed by atoms with E-state index in [0.717, 1.165) is 5.69 Å². The molecule has 3 rings (SSSR count). The van der Waals surface area contributed by atoms with Crippen LogP contribution in [0.25, 0.3) is 5.69 Å². The molecule has 2 aromatic carbocycles. The fraction of sp³-hybridized carbons (Fsp3) is 0.190. The Kier molecular flexibility index (Phi) is 5.16. The number of hydrogen-bond acceptors (Lipinski definition) is 3. The monoisotopic (exact) mass is 365 g/mol. The minimum Gasteiger partial charge on any atom is -0.345 e. The number of benzene rings is 2. The van der Waals surface area contributed by atoms with Gasteiger partial charge in [-0.3, -0.25) is 9.59 Å². The number of para-hydroxylation sites is 1. The van der Waals surface area contributed by atoms with Gasteiger partial charge in [0.1, 0.15) is 5.82 Å². The van der Waals surface area contributed by atoms with Crippen molar-refractivity contribution in [1.29, 1.82) is 0 Å². The normalized spacial score (nSPS) is 10.7. The molecule has 3 aromatic rings. The molecule has 27 heavy (non-hydrogen) atoms. The minimum atomic E-state index is -0.741. The lowest BCUT2D eigenvalue weighted by Gasteiger charge is -2.07. The lowest BCUT2D eigenvalue weighted by atomic mass is 10.1. The molecule has 6 heteroatoms. The predicted molar refractivity (Wildman–Crippen MR) is 100 cm³/mol. The Morgan fingerprint density at radius 2 is 1.78 bits per heavy atom. The van der Waals surface area contributed by atoms with Crippen LogP contribution in [0, 0.1) is 26.6 Å². The maximum atomic E-state index is 13.6. The molecule has 1 aromatic heterocycles.